The van der Waals surface area contributed by atoms with Gasteiger partial charge in [0.2, 0.25) is 0 Å². The lowest BCUT2D eigenvalue weighted by molar-refractivity contribution is -0.0910. The van der Waals surface area contributed by atoms with E-state index in [-0.39, 0.29) is 6.41 Å². The van der Waals surface area contributed by atoms with E-state index in [0.29, 0.717) is 0 Å². The first-order valence-electron chi connectivity index (χ1n) is 2.80. The van der Waals surface area contributed by atoms with Crippen molar-refractivity contribution in [1.29, 1.82) is 0 Å². The van der Waals surface area contributed by atoms with Gasteiger partial charge in [0, 0.05) is 6.20 Å². The van der Waals surface area contributed by atoms with Gasteiger partial charge < -0.3 is 9.47 Å². The smallest absolute Gasteiger partial charge is 0.330 e. The Morgan fingerprint density at radius 1 is 1.56 bits per heavy atom. The van der Waals surface area contributed by atoms with Crippen LogP contribution in [0.25, 0.3) is 0 Å². The van der Waals surface area contributed by atoms with E-state index in [2.05, 4.69) is 0 Å². The van der Waals surface area contributed by atoms with E-state index < -0.39 is 0 Å². The zero-order chi connectivity index (χ0) is 6.27. The maximum Gasteiger partial charge on any atom is 0.330 e. The van der Waals surface area contributed by atoms with Gasteiger partial charge >= 0.3 is 6.41 Å². The lowest BCUT2D eigenvalue weighted by atomic mass is 10.5. The Labute approximate surface area is 53.2 Å². The molecule has 48 valence electrons. The molecule has 0 saturated carbocycles. The highest BCUT2D eigenvalue weighted by Gasteiger charge is 2.27. The number of hydrogen-bond acceptors (Lipinski definition) is 3. The predicted octanol–water partition coefficient (Wildman–Crippen LogP) is 0.965. The summed E-state index contributed by atoms with van der Waals surface area (Å²) >= 11 is 0. The van der Waals surface area contributed by atoms with Gasteiger partial charge in [0.15, 0.2) is 0 Å². The number of allylic oxidation sites excluding steroid dienone is 1. The molecule has 9 heavy (non-hydrogen) atoms. The molecule has 3 nitrogen and oxygen atoms in total. The van der Waals surface area contributed by atoms with Crippen molar-refractivity contribution in [2.24, 2.45) is 0 Å². The fourth-order valence-electron chi connectivity index (χ4n) is 0.903. The van der Waals surface area contributed by atoms with Crippen LogP contribution in [-0.4, -0.2) is 11.3 Å². The summed E-state index contributed by atoms with van der Waals surface area (Å²) in [5.74, 6) is 0. The van der Waals surface area contributed by atoms with Crippen LogP contribution in [0.2, 0.25) is 0 Å². The molecule has 0 aromatic rings. The fraction of sp³-hybridized carbons (Fsp3) is 0.333. The minimum atomic E-state index is -0.218. The number of rotatable bonds is 0. The highest BCUT2D eigenvalue weighted by molar-refractivity contribution is 5.05. The summed E-state index contributed by atoms with van der Waals surface area (Å²) in [5, 5.41) is 0. The molecule has 1 atom stereocenters. The second-order valence-corrected chi connectivity index (χ2v) is 2.03. The topological polar surface area (TPSA) is 21.7 Å². The van der Waals surface area contributed by atoms with Crippen LogP contribution in [-0.2, 0) is 9.47 Å². The van der Waals surface area contributed by atoms with Gasteiger partial charge in [0.1, 0.15) is 12.5 Å². The Hall–Kier alpha value is -1.12. The molecule has 2 aliphatic rings. The molecule has 0 bridgehead atoms. The molecule has 0 fully saturated rings. The van der Waals surface area contributed by atoms with Gasteiger partial charge in [-0.2, -0.15) is 0 Å². The van der Waals surface area contributed by atoms with E-state index >= 15 is 0 Å². The molecule has 0 radical (unpaired) electrons. The summed E-state index contributed by atoms with van der Waals surface area (Å²) in [4.78, 5) is 1.92. The molecular weight excluding hydrogens is 118 g/mol. The maximum atomic E-state index is 5.07. The van der Waals surface area contributed by atoms with Crippen LogP contribution in [0, 0.1) is 0 Å². The average Bonchev–Trinajstić information content (AvgIpc) is 2.35. The molecule has 0 aromatic carbocycles. The maximum absolute atomic E-state index is 5.07. The Kier molecular flexibility index (Phi) is 0.754. The van der Waals surface area contributed by atoms with Crippen LogP contribution in [0.15, 0.2) is 24.4 Å². The van der Waals surface area contributed by atoms with E-state index in [0.717, 1.165) is 5.70 Å². The molecule has 0 spiro atoms. The van der Waals surface area contributed by atoms with Crippen LogP contribution in [0.3, 0.4) is 0 Å². The second kappa shape index (κ2) is 1.43. The number of nitrogens with zero attached hydrogens (tertiary/aromatic N) is 1. The van der Waals surface area contributed by atoms with E-state index in [1.54, 1.807) is 12.5 Å². The van der Waals surface area contributed by atoms with Crippen molar-refractivity contribution in [1.82, 2.24) is 4.90 Å². The summed E-state index contributed by atoms with van der Waals surface area (Å²) in [6, 6.07) is 0. The first-order valence-corrected chi connectivity index (χ1v) is 2.80. The van der Waals surface area contributed by atoms with E-state index in [4.69, 9.17) is 9.47 Å². The second-order valence-electron chi connectivity index (χ2n) is 2.03. The lowest BCUT2D eigenvalue weighted by Gasteiger charge is -2.13. The molecule has 2 aliphatic heterocycles. The molecule has 2 rings (SSSR count). The van der Waals surface area contributed by atoms with Crippen molar-refractivity contribution in [2.45, 2.75) is 13.3 Å². The third-order valence-corrected chi connectivity index (χ3v) is 1.41. The van der Waals surface area contributed by atoms with Gasteiger partial charge in [0.05, 0.1) is 5.70 Å². The zero-order valence-corrected chi connectivity index (χ0v) is 5.07. The Morgan fingerprint density at radius 3 is 3.22 bits per heavy atom. The summed E-state index contributed by atoms with van der Waals surface area (Å²) in [7, 11) is 0. The largest absolute Gasteiger partial charge is 0.443 e. The van der Waals surface area contributed by atoms with Crippen molar-refractivity contribution in [3.63, 3.8) is 0 Å². The molecule has 0 aromatic heterocycles. The van der Waals surface area contributed by atoms with Crippen molar-refractivity contribution in [2.75, 3.05) is 0 Å². The van der Waals surface area contributed by atoms with Crippen LogP contribution < -0.4 is 0 Å². The summed E-state index contributed by atoms with van der Waals surface area (Å²) in [6.45, 7) is 1.97. The molecule has 1 unspecified atom stereocenters. The molecule has 0 saturated heterocycles. The first kappa shape index (κ1) is 4.73. The minimum Gasteiger partial charge on any atom is -0.443 e. The molecule has 2 heterocycles. The summed E-state index contributed by atoms with van der Waals surface area (Å²) < 4.78 is 10.1. The van der Waals surface area contributed by atoms with Crippen LogP contribution in [0.5, 0.6) is 0 Å². The van der Waals surface area contributed by atoms with Crippen LogP contribution in [0.1, 0.15) is 6.92 Å². The molecule has 3 heteroatoms. The zero-order valence-electron chi connectivity index (χ0n) is 5.07. The van der Waals surface area contributed by atoms with Gasteiger partial charge in [-0.25, -0.2) is 0 Å². The predicted molar refractivity (Wildman–Crippen MR) is 30.7 cm³/mol. The van der Waals surface area contributed by atoms with Crippen molar-refractivity contribution in [3.05, 3.63) is 24.4 Å². The number of ether oxygens (including phenoxy) is 2. The number of fused-ring (bicyclic) bond motifs is 1. The molecule has 0 N–H and O–H groups in total. The third-order valence-electron chi connectivity index (χ3n) is 1.41. The van der Waals surface area contributed by atoms with E-state index in [1.165, 1.54) is 0 Å². The van der Waals surface area contributed by atoms with Gasteiger partial charge in [-0.05, 0) is 6.92 Å². The van der Waals surface area contributed by atoms with Gasteiger partial charge in [0.25, 0.3) is 0 Å². The van der Waals surface area contributed by atoms with Gasteiger partial charge in [-0.1, -0.05) is 0 Å². The molecular formula is C6H7NO2. The quantitative estimate of drug-likeness (QED) is 0.481. The van der Waals surface area contributed by atoms with Crippen LogP contribution in [0.4, 0.5) is 0 Å². The van der Waals surface area contributed by atoms with Crippen LogP contribution >= 0.6 is 0 Å². The monoisotopic (exact) mass is 125 g/mol. The molecule has 0 amide bonds. The Bertz CT molecular complexity index is 185. The standard InChI is InChI=1S/C6H7NO2/c1-5-4-9-6-7(5)2-3-8-6/h2-4,6H,1H3. The summed E-state index contributed by atoms with van der Waals surface area (Å²) in [5.41, 5.74) is 1.08. The highest BCUT2D eigenvalue weighted by Crippen LogP contribution is 2.24. The van der Waals surface area contributed by atoms with Gasteiger partial charge in [-0.3, -0.25) is 4.90 Å². The Morgan fingerprint density at radius 2 is 2.44 bits per heavy atom. The molecule has 0 aliphatic carbocycles. The SMILES string of the molecule is CC1=COC2OC=CN12. The van der Waals surface area contributed by atoms with Crippen molar-refractivity contribution in [3.8, 4) is 0 Å². The fourth-order valence-corrected chi connectivity index (χ4v) is 0.903. The lowest BCUT2D eigenvalue weighted by Crippen LogP contribution is -2.21. The Balaban J connectivity index is 2.25. The summed E-state index contributed by atoms with van der Waals surface area (Å²) in [6.07, 6.45) is 4.95. The average molecular weight is 125 g/mol. The highest BCUT2D eigenvalue weighted by atomic mass is 16.7. The minimum absolute atomic E-state index is 0.218. The van der Waals surface area contributed by atoms with Gasteiger partial charge in [-0.15, -0.1) is 0 Å². The first-order chi connectivity index (χ1) is 4.38. The van der Waals surface area contributed by atoms with E-state index in [1.807, 2.05) is 18.0 Å². The normalized spacial score (nSPS) is 29.2. The number of hydrogen-bond donors (Lipinski definition) is 0. The van der Waals surface area contributed by atoms with E-state index in [9.17, 15) is 0 Å². The third kappa shape index (κ3) is 0.512. The van der Waals surface area contributed by atoms with Crippen molar-refractivity contribution >= 4 is 0 Å². The van der Waals surface area contributed by atoms with Crippen molar-refractivity contribution < 1.29 is 9.47 Å².